The normalized spacial score (nSPS) is 12.1. The second kappa shape index (κ2) is 40.9. The monoisotopic (exact) mass is 1390 g/mol. The highest BCUT2D eigenvalue weighted by Gasteiger charge is 2.52. The molecule has 13 heteroatoms. The third-order valence-corrected chi connectivity index (χ3v) is 15.9. The van der Waals surface area contributed by atoms with Gasteiger partial charge in [0, 0.05) is 87.7 Å². The van der Waals surface area contributed by atoms with Crippen LogP contribution in [0.1, 0.15) is 284 Å². The molecular weight excluding hydrogens is 1270 g/mol. The van der Waals surface area contributed by atoms with Crippen molar-refractivity contribution in [2.45, 2.75) is 237 Å². The summed E-state index contributed by atoms with van der Waals surface area (Å²) >= 11 is 0. The summed E-state index contributed by atoms with van der Waals surface area (Å²) in [5, 5.41) is 8.74. The van der Waals surface area contributed by atoms with Crippen molar-refractivity contribution in [1.82, 2.24) is 54.8 Å². The first kappa shape index (κ1) is 91.4. The lowest BCUT2D eigenvalue weighted by Gasteiger charge is -2.23. The average molecular weight is 1390 g/mol. The number of hydrogen-bond acceptors (Lipinski definition) is 12. The topological polar surface area (TPSA) is 166 Å². The van der Waals surface area contributed by atoms with Gasteiger partial charge in [0.2, 0.25) is 0 Å². The Balaban J connectivity index is 0.000000580. The molecule has 1 aliphatic carbocycles. The van der Waals surface area contributed by atoms with Gasteiger partial charge in [0.05, 0.1) is 40.0 Å². The molecule has 0 amide bonds. The largest absolute Gasteiger partial charge is 0.264 e. The van der Waals surface area contributed by atoms with Gasteiger partial charge < -0.3 is 0 Å². The number of hydrogen-bond donors (Lipinski definition) is 0. The molecule has 1 aliphatic rings. The van der Waals surface area contributed by atoms with E-state index in [0.717, 1.165) is 75.5 Å². The van der Waals surface area contributed by atoms with Crippen LogP contribution in [0.5, 0.6) is 0 Å². The third-order valence-electron chi connectivity index (χ3n) is 15.9. The van der Waals surface area contributed by atoms with Crippen LogP contribution in [0.2, 0.25) is 0 Å². The molecule has 550 valence electrons. The Morgan fingerprint density at radius 2 is 0.971 bits per heavy atom. The summed E-state index contributed by atoms with van der Waals surface area (Å²) < 4.78 is 12.8. The molecule has 0 aliphatic heterocycles. The number of halogens is 1. The zero-order valence-corrected chi connectivity index (χ0v) is 67.6. The fourth-order valence-electron chi connectivity index (χ4n) is 8.95. The maximum Gasteiger partial charge on any atom is 0.151 e. The van der Waals surface area contributed by atoms with Crippen LogP contribution >= 0.6 is 0 Å². The minimum Gasteiger partial charge on any atom is -0.264 e. The number of aromatic nitrogens is 11. The highest BCUT2D eigenvalue weighted by atomic mass is 19.1. The molecule has 8 aromatic rings. The molecule has 0 atom stereocenters. The predicted octanol–water partition coefficient (Wildman–Crippen LogP) is 23.4. The van der Waals surface area contributed by atoms with Crippen LogP contribution in [-0.4, -0.2) is 54.8 Å². The molecule has 9 rings (SSSR count). The zero-order valence-electron chi connectivity index (χ0n) is 67.6. The van der Waals surface area contributed by atoms with Gasteiger partial charge in [0.15, 0.2) is 5.82 Å². The van der Waals surface area contributed by atoms with Crippen molar-refractivity contribution in [2.24, 2.45) is 10.8 Å². The molecule has 1 fully saturated rings. The quantitative estimate of drug-likeness (QED) is 0.139. The van der Waals surface area contributed by atoms with Gasteiger partial charge in [-0.3, -0.25) is 19.9 Å². The summed E-state index contributed by atoms with van der Waals surface area (Å²) in [5.74, 6) is 4.20. The lowest BCUT2D eigenvalue weighted by molar-refractivity contribution is 0.279. The van der Waals surface area contributed by atoms with E-state index in [-0.39, 0.29) is 60.5 Å². The summed E-state index contributed by atoms with van der Waals surface area (Å²) in [6.45, 7) is 77.4. The summed E-state index contributed by atoms with van der Waals surface area (Å²) in [7, 11) is 0. The number of terminal acetylenes is 1. The van der Waals surface area contributed by atoms with E-state index in [4.69, 9.17) is 11.7 Å². The van der Waals surface area contributed by atoms with Crippen LogP contribution in [0, 0.1) is 40.3 Å². The Morgan fingerprint density at radius 1 is 0.456 bits per heavy atom. The van der Waals surface area contributed by atoms with Crippen LogP contribution in [-0.2, 0) is 37.9 Å². The van der Waals surface area contributed by atoms with Crippen molar-refractivity contribution in [3.63, 3.8) is 0 Å². The molecule has 8 heterocycles. The van der Waals surface area contributed by atoms with Crippen molar-refractivity contribution >= 4 is 36.5 Å². The van der Waals surface area contributed by atoms with Crippen LogP contribution in [0.25, 0.3) is 36.5 Å². The van der Waals surface area contributed by atoms with Gasteiger partial charge in [-0.05, 0) is 160 Å². The molecule has 8 aromatic heterocycles. The third kappa shape index (κ3) is 33.4. The Kier molecular flexibility index (Phi) is 36.3. The summed E-state index contributed by atoms with van der Waals surface area (Å²) in [6.07, 6.45) is 31.5. The van der Waals surface area contributed by atoms with E-state index in [2.05, 4.69) is 285 Å². The van der Waals surface area contributed by atoms with Crippen molar-refractivity contribution in [2.75, 3.05) is 0 Å². The van der Waals surface area contributed by atoms with Crippen LogP contribution < -0.4 is 0 Å². The molecule has 103 heavy (non-hydrogen) atoms. The van der Waals surface area contributed by atoms with Gasteiger partial charge in [-0.25, -0.2) is 39.3 Å². The molecule has 0 saturated heterocycles. The molecule has 0 spiro atoms. The lowest BCUT2D eigenvalue weighted by Crippen LogP contribution is -2.19. The summed E-state index contributed by atoms with van der Waals surface area (Å²) in [4.78, 5) is 45.9. The Hall–Kier alpha value is -9.59. The zero-order chi connectivity index (χ0) is 79.0. The first-order valence-corrected chi connectivity index (χ1v) is 35.1. The first-order valence-electron chi connectivity index (χ1n) is 35.1. The smallest absolute Gasteiger partial charge is 0.151 e. The summed E-state index contributed by atoms with van der Waals surface area (Å²) in [6, 6.07) is 27.7. The average Bonchev–Trinajstić information content (AvgIpc) is 1.62. The van der Waals surface area contributed by atoms with Gasteiger partial charge in [0.25, 0.3) is 0 Å². The Labute approximate surface area is 622 Å². The van der Waals surface area contributed by atoms with Gasteiger partial charge >= 0.3 is 0 Å². The van der Waals surface area contributed by atoms with E-state index >= 15 is 0 Å². The Bertz CT molecular complexity index is 3690. The molecule has 0 radical (unpaired) electrons. The molecule has 0 aromatic carbocycles. The lowest BCUT2D eigenvalue weighted by atomic mass is 9.79. The van der Waals surface area contributed by atoms with E-state index in [1.165, 1.54) is 23.4 Å². The van der Waals surface area contributed by atoms with Gasteiger partial charge in [-0.15, -0.1) is 6.42 Å². The van der Waals surface area contributed by atoms with Crippen molar-refractivity contribution in [3.8, 4) is 18.4 Å². The first-order chi connectivity index (χ1) is 47.5. The minimum absolute atomic E-state index is 0.0129. The fourth-order valence-corrected chi connectivity index (χ4v) is 8.95. The maximum atomic E-state index is 12.8. The second-order valence-corrected chi connectivity index (χ2v) is 33.3. The standard InChI is InChI=1S/2C11H15N.C11H13N.C11H15N.3C10H14N2.C8H10FN.C8H13N/c1-5-10-8-9(6-7-12-10)11(2,3)4;2*1-5-10-9(11(2,3)4)7-6-8-12-10;1-5-9-7-6-8-10(12-9)11(2,3)4;1-5-8-6-9(10(2,3)4)12-7-11-8;1-5-9-11-7-6-8(12-9)10(2,3)4;1-5-8-6-7-11-9(12-8)10(2,3)4;1-6(2)7-5-10-4-3-8(7)9;1-7(2,3)8(6-9)4-5-8/h2*5-8H,1H2,2-4H3;1,6-8H,2-4H3;5-8H,1H2,2-4H3;3*5-7H,1H2,2-4H3;3-6H,1-2H3;4-5H2,1-3H3. The van der Waals surface area contributed by atoms with Crippen LogP contribution in [0.15, 0.2) is 168 Å². The van der Waals surface area contributed by atoms with Crippen LogP contribution in [0.3, 0.4) is 0 Å². The van der Waals surface area contributed by atoms with E-state index in [1.54, 1.807) is 73.8 Å². The van der Waals surface area contributed by atoms with Gasteiger partial charge in [-0.1, -0.05) is 238 Å². The van der Waals surface area contributed by atoms with E-state index in [1.807, 2.05) is 80.7 Å². The Morgan fingerprint density at radius 3 is 1.39 bits per heavy atom. The van der Waals surface area contributed by atoms with E-state index in [0.29, 0.717) is 11.4 Å². The molecule has 0 N–H and O–H groups in total. The number of nitrogens with zero attached hydrogens (tertiary/aromatic N) is 12. The predicted molar refractivity (Wildman–Crippen MR) is 437 cm³/mol. The SMILES string of the molecule is C#Cc1ncccc1C(C)(C)C.C=Cc1cc(C(C)(C)C)ccn1.C=Cc1cc(C(C)(C)C)ncn1.C=Cc1cccc(C(C)(C)C)n1.C=Cc1ccnc(C(C)(C)C)n1.C=Cc1nccc(C(C)(C)C)n1.C=Cc1ncccc1C(C)(C)C.CC(C)(C)C1(C#N)CC1.CC(C)c1cnccc1F. The second-order valence-electron chi connectivity index (χ2n) is 33.3. The van der Waals surface area contributed by atoms with E-state index in [9.17, 15) is 4.39 Å². The number of nitriles is 1. The highest BCUT2D eigenvalue weighted by molar-refractivity contribution is 5.49. The molecule has 0 unspecified atom stereocenters. The number of rotatable bonds is 7. The molecular formula is C90H123FN12. The molecule has 1 saturated carbocycles. The highest BCUT2D eigenvalue weighted by Crippen LogP contribution is 2.57. The maximum absolute atomic E-state index is 12.8. The minimum atomic E-state index is -0.162. The molecule has 12 nitrogen and oxygen atoms in total. The van der Waals surface area contributed by atoms with Crippen molar-refractivity contribution in [1.29, 1.82) is 5.26 Å². The van der Waals surface area contributed by atoms with Gasteiger partial charge in [0.1, 0.15) is 23.7 Å². The van der Waals surface area contributed by atoms with Crippen molar-refractivity contribution in [3.05, 3.63) is 259 Å². The summed E-state index contributed by atoms with van der Waals surface area (Å²) in [5.41, 5.74) is 13.9. The van der Waals surface area contributed by atoms with Crippen LogP contribution in [0.4, 0.5) is 4.39 Å². The van der Waals surface area contributed by atoms with E-state index < -0.39 is 0 Å². The molecule has 0 bridgehead atoms. The van der Waals surface area contributed by atoms with Gasteiger partial charge in [-0.2, -0.15) is 5.26 Å². The number of pyridine rings is 5. The van der Waals surface area contributed by atoms with Crippen molar-refractivity contribution < 1.29 is 4.39 Å². The fraction of sp³-hybridized carbons (Fsp3) is 0.422.